The van der Waals surface area contributed by atoms with Gasteiger partial charge in [0.1, 0.15) is 5.78 Å². The van der Waals surface area contributed by atoms with Gasteiger partial charge < -0.3 is 10.0 Å². The van der Waals surface area contributed by atoms with E-state index in [-0.39, 0.29) is 0 Å². The Morgan fingerprint density at radius 1 is 1.37 bits per heavy atom. The molecule has 1 heterocycles. The summed E-state index contributed by atoms with van der Waals surface area (Å²) in [5, 5.41) is 10.9. The van der Waals surface area contributed by atoms with Gasteiger partial charge in [-0.05, 0) is 30.5 Å². The molecule has 0 spiro atoms. The van der Waals surface area contributed by atoms with Crippen LogP contribution in [0.5, 0.6) is 0 Å². The molecule has 3 nitrogen and oxygen atoms in total. The van der Waals surface area contributed by atoms with Crippen LogP contribution in [-0.2, 0) is 4.79 Å². The largest absolute Gasteiger partial charge is 0.388 e. The molecule has 0 amide bonds. The van der Waals surface area contributed by atoms with Crippen LogP contribution in [0.1, 0.15) is 36.5 Å². The Morgan fingerprint density at radius 3 is 2.68 bits per heavy atom. The van der Waals surface area contributed by atoms with Crippen molar-refractivity contribution in [2.24, 2.45) is 0 Å². The molecular weight excluding hydrogens is 262 g/mol. The Kier molecular flexibility index (Phi) is 4.97. The van der Waals surface area contributed by atoms with Gasteiger partial charge in [-0.25, -0.2) is 0 Å². The summed E-state index contributed by atoms with van der Waals surface area (Å²) in [4.78, 5) is 13.4. The number of ketones is 1. The van der Waals surface area contributed by atoms with E-state index in [2.05, 4.69) is 4.90 Å². The molecule has 1 N–H and O–H groups in total. The summed E-state index contributed by atoms with van der Waals surface area (Å²) in [5.41, 5.74) is 1.90. The lowest BCUT2D eigenvalue weighted by Crippen LogP contribution is -2.35. The van der Waals surface area contributed by atoms with Crippen LogP contribution in [0.4, 0.5) is 0 Å². The molecule has 1 aliphatic rings. The molecule has 1 atom stereocenters. The lowest BCUT2D eigenvalue weighted by atomic mass is 10.0. The van der Waals surface area contributed by atoms with Crippen LogP contribution in [0.2, 0.25) is 5.02 Å². The summed E-state index contributed by atoms with van der Waals surface area (Å²) in [6.07, 6.45) is 1.52. The quantitative estimate of drug-likeness (QED) is 0.923. The maximum absolute atomic E-state index is 11.1. The summed E-state index contributed by atoms with van der Waals surface area (Å²) in [7, 11) is 0. The van der Waals surface area contributed by atoms with Gasteiger partial charge in [-0.3, -0.25) is 4.79 Å². The predicted molar refractivity (Wildman–Crippen MR) is 76.4 cm³/mol. The van der Waals surface area contributed by atoms with Crippen LogP contribution >= 0.6 is 11.6 Å². The molecule has 0 bridgehead atoms. The number of halogens is 1. The van der Waals surface area contributed by atoms with Crippen molar-refractivity contribution in [3.8, 4) is 0 Å². The summed E-state index contributed by atoms with van der Waals surface area (Å²) in [6, 6.07) is 5.64. The van der Waals surface area contributed by atoms with Crippen molar-refractivity contribution in [1.29, 1.82) is 0 Å². The first-order valence-corrected chi connectivity index (χ1v) is 7.12. The SMILES string of the molecule is Cc1cc(C(O)CCN2CCC(=O)CC2)ccc1Cl. The number of hydrogen-bond acceptors (Lipinski definition) is 3. The zero-order valence-electron chi connectivity index (χ0n) is 11.2. The van der Waals surface area contributed by atoms with Crippen molar-refractivity contribution >= 4 is 17.4 Å². The maximum atomic E-state index is 11.1. The summed E-state index contributed by atoms with van der Waals surface area (Å²) < 4.78 is 0. The molecule has 0 radical (unpaired) electrons. The molecule has 4 heteroatoms. The van der Waals surface area contributed by atoms with Gasteiger partial charge in [0.2, 0.25) is 0 Å². The number of aliphatic hydroxyl groups is 1. The lowest BCUT2D eigenvalue weighted by Gasteiger charge is -2.26. The third-order valence-electron chi connectivity index (χ3n) is 3.70. The lowest BCUT2D eigenvalue weighted by molar-refractivity contribution is -0.121. The molecule has 19 heavy (non-hydrogen) atoms. The maximum Gasteiger partial charge on any atom is 0.135 e. The fourth-order valence-corrected chi connectivity index (χ4v) is 2.49. The minimum absolute atomic E-state index is 0.352. The number of rotatable bonds is 4. The van der Waals surface area contributed by atoms with E-state index in [9.17, 15) is 9.90 Å². The van der Waals surface area contributed by atoms with Crippen molar-refractivity contribution in [2.45, 2.75) is 32.3 Å². The minimum atomic E-state index is -0.464. The van der Waals surface area contributed by atoms with Gasteiger partial charge in [0.25, 0.3) is 0 Å². The van der Waals surface area contributed by atoms with E-state index in [1.165, 1.54) is 0 Å². The first-order chi connectivity index (χ1) is 9.06. The first-order valence-electron chi connectivity index (χ1n) is 6.74. The molecule has 1 saturated heterocycles. The highest BCUT2D eigenvalue weighted by Gasteiger charge is 2.17. The zero-order chi connectivity index (χ0) is 13.8. The minimum Gasteiger partial charge on any atom is -0.388 e. The Bertz CT molecular complexity index is 451. The number of piperidine rings is 1. The van der Waals surface area contributed by atoms with Gasteiger partial charge in [0.05, 0.1) is 6.10 Å². The van der Waals surface area contributed by atoms with Crippen LogP contribution in [0.3, 0.4) is 0 Å². The standard InChI is InChI=1S/C15H20ClNO2/c1-11-10-12(2-3-14(11)16)15(19)6-9-17-7-4-13(18)5-8-17/h2-3,10,15,19H,4-9H2,1H3. The Morgan fingerprint density at radius 2 is 2.05 bits per heavy atom. The van der Waals surface area contributed by atoms with Crippen LogP contribution in [-0.4, -0.2) is 35.4 Å². The average Bonchev–Trinajstić information content (AvgIpc) is 2.41. The van der Waals surface area contributed by atoms with E-state index in [0.29, 0.717) is 25.0 Å². The predicted octanol–water partition coefficient (Wildman–Crippen LogP) is 2.74. The first kappa shape index (κ1) is 14.5. The van der Waals surface area contributed by atoms with E-state index < -0.39 is 6.10 Å². The van der Waals surface area contributed by atoms with Crippen molar-refractivity contribution in [3.05, 3.63) is 34.3 Å². The van der Waals surface area contributed by atoms with Gasteiger partial charge in [-0.15, -0.1) is 0 Å². The number of carbonyl (C=O) groups is 1. The molecule has 1 aromatic carbocycles. The molecule has 1 unspecified atom stereocenters. The summed E-state index contributed by atoms with van der Waals surface area (Å²) in [5.74, 6) is 0.352. The fourth-order valence-electron chi connectivity index (χ4n) is 2.37. The van der Waals surface area contributed by atoms with E-state index in [4.69, 9.17) is 11.6 Å². The molecule has 104 valence electrons. The van der Waals surface area contributed by atoms with Gasteiger partial charge in [0.15, 0.2) is 0 Å². The van der Waals surface area contributed by atoms with Crippen LogP contribution in [0.15, 0.2) is 18.2 Å². The number of aryl methyl sites for hydroxylation is 1. The van der Waals surface area contributed by atoms with Gasteiger partial charge in [0, 0.05) is 37.5 Å². The highest BCUT2D eigenvalue weighted by molar-refractivity contribution is 6.31. The fraction of sp³-hybridized carbons (Fsp3) is 0.533. The average molecular weight is 282 g/mol. The normalized spacial score (nSPS) is 18.6. The summed E-state index contributed by atoms with van der Waals surface area (Å²) in [6.45, 7) is 4.42. The molecule has 1 aliphatic heterocycles. The molecule has 1 aromatic rings. The van der Waals surface area contributed by atoms with Crippen molar-refractivity contribution in [1.82, 2.24) is 4.90 Å². The number of benzene rings is 1. The van der Waals surface area contributed by atoms with Gasteiger partial charge >= 0.3 is 0 Å². The van der Waals surface area contributed by atoms with E-state index in [1.54, 1.807) is 0 Å². The van der Waals surface area contributed by atoms with Crippen LogP contribution in [0, 0.1) is 6.92 Å². The van der Waals surface area contributed by atoms with E-state index >= 15 is 0 Å². The Labute approximate surface area is 119 Å². The molecule has 0 saturated carbocycles. The van der Waals surface area contributed by atoms with E-state index in [0.717, 1.165) is 35.8 Å². The number of carbonyl (C=O) groups excluding carboxylic acids is 1. The number of nitrogens with zero attached hydrogens (tertiary/aromatic N) is 1. The third-order valence-corrected chi connectivity index (χ3v) is 4.12. The second kappa shape index (κ2) is 6.51. The molecule has 0 aliphatic carbocycles. The van der Waals surface area contributed by atoms with Crippen LogP contribution < -0.4 is 0 Å². The molecule has 0 aromatic heterocycles. The summed E-state index contributed by atoms with van der Waals surface area (Å²) >= 11 is 5.98. The molecule has 2 rings (SSSR count). The second-order valence-corrected chi connectivity index (χ2v) is 5.60. The van der Waals surface area contributed by atoms with Gasteiger partial charge in [-0.2, -0.15) is 0 Å². The zero-order valence-corrected chi connectivity index (χ0v) is 12.0. The molecule has 1 fully saturated rings. The van der Waals surface area contributed by atoms with Crippen LogP contribution in [0.25, 0.3) is 0 Å². The number of hydrogen-bond donors (Lipinski definition) is 1. The number of aliphatic hydroxyl groups excluding tert-OH is 1. The van der Waals surface area contributed by atoms with Crippen molar-refractivity contribution in [3.63, 3.8) is 0 Å². The van der Waals surface area contributed by atoms with E-state index in [1.807, 2.05) is 25.1 Å². The van der Waals surface area contributed by atoms with Crippen molar-refractivity contribution < 1.29 is 9.90 Å². The third kappa shape index (κ3) is 4.03. The molecular formula is C15H20ClNO2. The monoisotopic (exact) mass is 281 g/mol. The van der Waals surface area contributed by atoms with Crippen molar-refractivity contribution in [2.75, 3.05) is 19.6 Å². The number of likely N-dealkylation sites (tertiary alicyclic amines) is 1. The highest BCUT2D eigenvalue weighted by Crippen LogP contribution is 2.23. The highest BCUT2D eigenvalue weighted by atomic mass is 35.5. The second-order valence-electron chi connectivity index (χ2n) is 5.19. The Balaban J connectivity index is 1.85. The topological polar surface area (TPSA) is 40.5 Å². The Hall–Kier alpha value is -0.900. The van der Waals surface area contributed by atoms with Gasteiger partial charge in [-0.1, -0.05) is 23.7 Å². The number of Topliss-reactive ketones (excluding diaryl/α,β-unsaturated/α-hetero) is 1. The smallest absolute Gasteiger partial charge is 0.135 e.